The van der Waals surface area contributed by atoms with Crippen molar-refractivity contribution in [3.63, 3.8) is 0 Å². The highest BCUT2D eigenvalue weighted by atomic mass is 35.5. The fraction of sp³-hybridized carbons (Fsp3) is 0.294. The monoisotopic (exact) mass is 367 g/mol. The first-order valence-electron chi connectivity index (χ1n) is 7.29. The van der Waals surface area contributed by atoms with Crippen molar-refractivity contribution < 1.29 is 9.59 Å². The van der Waals surface area contributed by atoms with Crippen LogP contribution in [0.1, 0.15) is 30.4 Å². The molecule has 0 spiro atoms. The van der Waals surface area contributed by atoms with Crippen LogP contribution in [0.4, 0.5) is 11.4 Å². The highest BCUT2D eigenvalue weighted by molar-refractivity contribution is 7.12. The SMILES string of the molecule is CC(C)(C)[C@H](N)C(=O)Nc1ccc(NC(=O)c2cccs2)cc1.Cl. The lowest BCUT2D eigenvalue weighted by Gasteiger charge is -2.25. The fourth-order valence-electron chi connectivity index (χ4n) is 1.85. The molecule has 1 atom stereocenters. The van der Waals surface area contributed by atoms with Gasteiger partial charge in [0.2, 0.25) is 5.91 Å². The van der Waals surface area contributed by atoms with E-state index in [-0.39, 0.29) is 29.6 Å². The first kappa shape index (κ1) is 20.2. The van der Waals surface area contributed by atoms with E-state index in [1.807, 2.05) is 32.2 Å². The van der Waals surface area contributed by atoms with E-state index in [1.165, 1.54) is 11.3 Å². The number of carbonyl (C=O) groups is 2. The van der Waals surface area contributed by atoms with Crippen molar-refractivity contribution in [1.29, 1.82) is 0 Å². The van der Waals surface area contributed by atoms with Crippen molar-refractivity contribution in [3.8, 4) is 0 Å². The van der Waals surface area contributed by atoms with E-state index >= 15 is 0 Å². The molecule has 4 N–H and O–H groups in total. The number of thiophene rings is 1. The topological polar surface area (TPSA) is 84.2 Å². The third-order valence-electron chi connectivity index (χ3n) is 3.37. The van der Waals surface area contributed by atoms with E-state index in [0.717, 1.165) is 0 Å². The molecule has 0 bridgehead atoms. The molecule has 5 nitrogen and oxygen atoms in total. The van der Waals surface area contributed by atoms with Crippen LogP contribution in [0, 0.1) is 5.41 Å². The summed E-state index contributed by atoms with van der Waals surface area (Å²) in [6.45, 7) is 5.75. The van der Waals surface area contributed by atoms with Crippen molar-refractivity contribution in [2.45, 2.75) is 26.8 Å². The molecule has 0 saturated carbocycles. The average Bonchev–Trinajstić information content (AvgIpc) is 3.01. The predicted molar refractivity (Wildman–Crippen MR) is 102 cm³/mol. The lowest BCUT2D eigenvalue weighted by molar-refractivity contribution is -0.119. The molecule has 1 aromatic heterocycles. The Labute approximate surface area is 152 Å². The predicted octanol–water partition coefficient (Wildman–Crippen LogP) is 3.73. The minimum Gasteiger partial charge on any atom is -0.325 e. The van der Waals surface area contributed by atoms with Crippen molar-refractivity contribution in [2.75, 3.05) is 10.6 Å². The molecule has 0 unspecified atom stereocenters. The van der Waals surface area contributed by atoms with Gasteiger partial charge in [-0.2, -0.15) is 0 Å². The Morgan fingerprint density at radius 1 is 1.04 bits per heavy atom. The number of anilines is 2. The second-order valence-electron chi connectivity index (χ2n) is 6.34. The number of amides is 2. The van der Waals surface area contributed by atoms with Crippen LogP contribution in [-0.4, -0.2) is 17.9 Å². The van der Waals surface area contributed by atoms with Crippen LogP contribution >= 0.6 is 23.7 Å². The maximum absolute atomic E-state index is 12.1. The number of carbonyl (C=O) groups excluding carboxylic acids is 2. The number of nitrogens with two attached hydrogens (primary N) is 1. The summed E-state index contributed by atoms with van der Waals surface area (Å²) < 4.78 is 0. The molecule has 0 aliphatic heterocycles. The van der Waals surface area contributed by atoms with E-state index in [9.17, 15) is 9.59 Å². The average molecular weight is 368 g/mol. The summed E-state index contributed by atoms with van der Waals surface area (Å²) in [5.74, 6) is -0.376. The van der Waals surface area contributed by atoms with Gasteiger partial charge in [-0.05, 0) is 41.1 Å². The van der Waals surface area contributed by atoms with Gasteiger partial charge in [-0.3, -0.25) is 9.59 Å². The van der Waals surface area contributed by atoms with Crippen molar-refractivity contribution in [3.05, 3.63) is 46.7 Å². The van der Waals surface area contributed by atoms with Crippen LogP contribution in [0.3, 0.4) is 0 Å². The van der Waals surface area contributed by atoms with Gasteiger partial charge in [0.05, 0.1) is 10.9 Å². The summed E-state index contributed by atoms with van der Waals surface area (Å²) in [7, 11) is 0. The minimum absolute atomic E-state index is 0. The van der Waals surface area contributed by atoms with E-state index < -0.39 is 6.04 Å². The van der Waals surface area contributed by atoms with Crippen LogP contribution in [-0.2, 0) is 4.79 Å². The molecule has 2 amide bonds. The summed E-state index contributed by atoms with van der Waals surface area (Å²) in [6, 6.07) is 9.95. The fourth-order valence-corrected chi connectivity index (χ4v) is 2.47. The Morgan fingerprint density at radius 2 is 1.58 bits per heavy atom. The molecule has 0 saturated heterocycles. The molecule has 7 heteroatoms. The quantitative estimate of drug-likeness (QED) is 0.769. The smallest absolute Gasteiger partial charge is 0.265 e. The Kier molecular flexibility index (Phi) is 6.95. The zero-order valence-corrected chi connectivity index (χ0v) is 15.5. The van der Waals surface area contributed by atoms with E-state index in [2.05, 4.69) is 10.6 Å². The summed E-state index contributed by atoms with van der Waals surface area (Å²) in [4.78, 5) is 24.7. The summed E-state index contributed by atoms with van der Waals surface area (Å²) in [5, 5.41) is 7.44. The lowest BCUT2D eigenvalue weighted by Crippen LogP contribution is -2.45. The Morgan fingerprint density at radius 3 is 2.04 bits per heavy atom. The largest absolute Gasteiger partial charge is 0.325 e. The van der Waals surface area contributed by atoms with Crippen LogP contribution in [0.5, 0.6) is 0 Å². The third-order valence-corrected chi connectivity index (χ3v) is 4.24. The number of nitrogens with one attached hydrogen (secondary N) is 2. The second kappa shape index (κ2) is 8.28. The molecule has 0 aliphatic carbocycles. The Balaban J connectivity index is 0.00000288. The molecular weight excluding hydrogens is 346 g/mol. The zero-order valence-electron chi connectivity index (χ0n) is 13.8. The standard InChI is InChI=1S/C17H21N3O2S.ClH/c1-17(2,3)14(18)16(22)20-12-8-6-11(7-9-12)19-15(21)13-5-4-10-23-13;/h4-10,14H,18H2,1-3H3,(H,19,21)(H,20,22);1H/t14-;/m1./s1. The van der Waals surface area contributed by atoms with Gasteiger partial charge < -0.3 is 16.4 Å². The molecule has 2 aromatic rings. The molecule has 130 valence electrons. The minimum atomic E-state index is -0.597. The van der Waals surface area contributed by atoms with Gasteiger partial charge in [0.1, 0.15) is 0 Å². The van der Waals surface area contributed by atoms with Crippen molar-refractivity contribution in [2.24, 2.45) is 11.1 Å². The first-order valence-corrected chi connectivity index (χ1v) is 8.17. The van der Waals surface area contributed by atoms with Crippen molar-refractivity contribution >= 4 is 46.9 Å². The number of hydrogen-bond acceptors (Lipinski definition) is 4. The molecular formula is C17H22ClN3O2S. The van der Waals surface area contributed by atoms with Gasteiger partial charge in [0, 0.05) is 11.4 Å². The molecule has 0 aliphatic rings. The molecule has 24 heavy (non-hydrogen) atoms. The Hall–Kier alpha value is -1.89. The van der Waals surface area contributed by atoms with Gasteiger partial charge >= 0.3 is 0 Å². The number of hydrogen-bond donors (Lipinski definition) is 3. The van der Waals surface area contributed by atoms with Crippen LogP contribution < -0.4 is 16.4 Å². The highest BCUT2D eigenvalue weighted by Crippen LogP contribution is 2.20. The highest BCUT2D eigenvalue weighted by Gasteiger charge is 2.27. The Bertz CT molecular complexity index is 679. The van der Waals surface area contributed by atoms with Gasteiger partial charge in [-0.25, -0.2) is 0 Å². The molecule has 1 heterocycles. The summed E-state index contributed by atoms with van der Waals surface area (Å²) >= 11 is 1.38. The molecule has 0 fully saturated rings. The van der Waals surface area contributed by atoms with Crippen LogP contribution in [0.25, 0.3) is 0 Å². The first-order chi connectivity index (χ1) is 10.8. The maximum atomic E-state index is 12.1. The van der Waals surface area contributed by atoms with E-state index in [0.29, 0.717) is 16.3 Å². The number of benzene rings is 1. The zero-order chi connectivity index (χ0) is 17.0. The van der Waals surface area contributed by atoms with Gasteiger partial charge in [0.25, 0.3) is 5.91 Å². The lowest BCUT2D eigenvalue weighted by atomic mass is 9.87. The van der Waals surface area contributed by atoms with Gasteiger partial charge in [-0.15, -0.1) is 23.7 Å². The van der Waals surface area contributed by atoms with Crippen LogP contribution in [0.2, 0.25) is 0 Å². The third kappa shape index (κ3) is 5.33. The normalized spacial score (nSPS) is 12.0. The maximum Gasteiger partial charge on any atom is 0.265 e. The van der Waals surface area contributed by atoms with Gasteiger partial charge in [0.15, 0.2) is 0 Å². The molecule has 1 aromatic carbocycles. The number of halogens is 1. The molecule has 2 rings (SSSR count). The number of rotatable bonds is 4. The van der Waals surface area contributed by atoms with Crippen LogP contribution in [0.15, 0.2) is 41.8 Å². The van der Waals surface area contributed by atoms with E-state index in [1.54, 1.807) is 30.3 Å². The van der Waals surface area contributed by atoms with E-state index in [4.69, 9.17) is 5.73 Å². The molecule has 0 radical (unpaired) electrons. The summed E-state index contributed by atoms with van der Waals surface area (Å²) in [6.07, 6.45) is 0. The second-order valence-corrected chi connectivity index (χ2v) is 7.29. The van der Waals surface area contributed by atoms with Gasteiger partial charge in [-0.1, -0.05) is 26.8 Å². The summed E-state index contributed by atoms with van der Waals surface area (Å²) in [5.41, 5.74) is 6.93. The van der Waals surface area contributed by atoms with Crippen molar-refractivity contribution in [1.82, 2.24) is 0 Å².